The van der Waals surface area contributed by atoms with Gasteiger partial charge in [0.15, 0.2) is 11.5 Å². The number of hydrogen-bond donors (Lipinski definition) is 6. The first kappa shape index (κ1) is 42.7. The second kappa shape index (κ2) is 20.1. The van der Waals surface area contributed by atoms with Crippen LogP contribution in [0, 0.1) is 0 Å². The van der Waals surface area contributed by atoms with Gasteiger partial charge in [0.05, 0.1) is 32.9 Å². The molecule has 0 aliphatic carbocycles. The van der Waals surface area contributed by atoms with E-state index in [2.05, 4.69) is 26.6 Å². The van der Waals surface area contributed by atoms with E-state index in [9.17, 15) is 33.9 Å². The molecule has 2 aliphatic heterocycles. The molecule has 0 radical (unpaired) electrons. The highest BCUT2D eigenvalue weighted by molar-refractivity contribution is 5.96. The van der Waals surface area contributed by atoms with Gasteiger partial charge in [-0.05, 0) is 86.8 Å². The Morgan fingerprint density at radius 1 is 0.804 bits per heavy atom. The van der Waals surface area contributed by atoms with Crippen LogP contribution in [0.3, 0.4) is 0 Å². The zero-order valence-electron chi connectivity index (χ0n) is 32.3. The van der Waals surface area contributed by atoms with Crippen LogP contribution in [0.25, 0.3) is 0 Å². The van der Waals surface area contributed by atoms with Gasteiger partial charge >= 0.3 is 0 Å². The number of carbonyl (C=O) groups is 6. The summed E-state index contributed by atoms with van der Waals surface area (Å²) >= 11 is 0. The lowest BCUT2D eigenvalue weighted by atomic mass is 10.0. The molecule has 3 aromatic rings. The summed E-state index contributed by atoms with van der Waals surface area (Å²) in [6.07, 6.45) is 0.937. The molecule has 0 saturated heterocycles. The molecule has 16 nitrogen and oxygen atoms in total. The number of fused-ring (bicyclic) bond motifs is 19. The number of rotatable bonds is 7. The van der Waals surface area contributed by atoms with E-state index >= 15 is 0 Å². The van der Waals surface area contributed by atoms with Gasteiger partial charge < -0.3 is 55.6 Å². The number of ether oxygens (including phenoxy) is 3. The fraction of sp³-hybridized carbons (Fsp3) is 0.400. The lowest BCUT2D eigenvalue weighted by Gasteiger charge is -2.31. The number of benzene rings is 3. The summed E-state index contributed by atoms with van der Waals surface area (Å²) in [5.41, 5.74) is 2.08. The topological polar surface area (TPSA) is 214 Å². The Morgan fingerprint density at radius 3 is 2.02 bits per heavy atom. The molecule has 4 bridgehead atoms. The SMILES string of the molecule is CN[C@H]1Cc2ccc(OC)c(c2)Oc2ccc(cc2)C[C@@H](C=O)NC(=O)[C@H](C)NC(=O)[C@H](Cc2ccc(OC)cc2)N(C)C(=O)[C@H](CO)NC(=O)[C@@H](C)NC1=O. The van der Waals surface area contributed by atoms with E-state index in [-0.39, 0.29) is 19.3 Å². The first-order chi connectivity index (χ1) is 26.8. The molecule has 2 heterocycles. The van der Waals surface area contributed by atoms with Gasteiger partial charge in [0.1, 0.15) is 42.0 Å². The summed E-state index contributed by atoms with van der Waals surface area (Å²) < 4.78 is 16.9. The third kappa shape index (κ3) is 11.3. The number of hydrogen-bond acceptors (Lipinski definition) is 11. The van der Waals surface area contributed by atoms with Crippen molar-refractivity contribution >= 4 is 35.8 Å². The number of aliphatic hydroxyl groups excluding tert-OH is 1. The molecule has 0 saturated carbocycles. The maximum absolute atomic E-state index is 13.8. The Morgan fingerprint density at radius 2 is 1.43 bits per heavy atom. The lowest BCUT2D eigenvalue weighted by molar-refractivity contribution is -0.143. The van der Waals surface area contributed by atoms with Crippen molar-refractivity contribution in [3.05, 3.63) is 83.4 Å². The van der Waals surface area contributed by atoms with Gasteiger partial charge in [-0.15, -0.1) is 0 Å². The molecule has 56 heavy (non-hydrogen) atoms. The van der Waals surface area contributed by atoms with Crippen LogP contribution >= 0.6 is 0 Å². The third-order valence-corrected chi connectivity index (χ3v) is 9.44. The molecule has 6 N–H and O–H groups in total. The minimum absolute atomic E-state index is 0.0112. The third-order valence-electron chi connectivity index (χ3n) is 9.44. The zero-order chi connectivity index (χ0) is 40.9. The Balaban J connectivity index is 1.67. The van der Waals surface area contributed by atoms with Crippen molar-refractivity contribution in [1.82, 2.24) is 31.5 Å². The predicted molar refractivity (Wildman–Crippen MR) is 205 cm³/mol. The number of nitrogens with zero attached hydrogens (tertiary/aromatic N) is 1. The van der Waals surface area contributed by atoms with Gasteiger partial charge in [-0.1, -0.05) is 30.3 Å². The minimum Gasteiger partial charge on any atom is -0.497 e. The molecule has 0 fully saturated rings. The molecule has 300 valence electrons. The van der Waals surface area contributed by atoms with E-state index in [0.717, 1.165) is 10.5 Å². The number of nitrogens with one attached hydrogen (secondary N) is 5. The van der Waals surface area contributed by atoms with Gasteiger partial charge in [-0.25, -0.2) is 0 Å². The fourth-order valence-electron chi connectivity index (χ4n) is 6.03. The molecule has 2 aliphatic rings. The molecule has 5 amide bonds. The Labute approximate surface area is 325 Å². The quantitative estimate of drug-likeness (QED) is 0.143. The summed E-state index contributed by atoms with van der Waals surface area (Å²) in [6.45, 7) is 2.06. The van der Waals surface area contributed by atoms with E-state index < -0.39 is 72.4 Å². The van der Waals surface area contributed by atoms with Gasteiger partial charge in [-0.3, -0.25) is 24.0 Å². The van der Waals surface area contributed by atoms with Gasteiger partial charge in [0.25, 0.3) is 0 Å². The van der Waals surface area contributed by atoms with Crippen molar-refractivity contribution in [3.8, 4) is 23.0 Å². The first-order valence-electron chi connectivity index (χ1n) is 18.1. The van der Waals surface area contributed by atoms with Crippen LogP contribution in [-0.2, 0) is 48.0 Å². The van der Waals surface area contributed by atoms with Crippen LogP contribution in [0.1, 0.15) is 30.5 Å². The van der Waals surface area contributed by atoms with E-state index in [1.54, 1.807) is 73.8 Å². The average Bonchev–Trinajstić information content (AvgIpc) is 3.20. The molecule has 6 atom stereocenters. The largest absolute Gasteiger partial charge is 0.497 e. The molecule has 0 unspecified atom stereocenters. The molecule has 16 heteroatoms. The van der Waals surface area contributed by atoms with Crippen LogP contribution in [0.15, 0.2) is 66.7 Å². The lowest BCUT2D eigenvalue weighted by Crippen LogP contribution is -2.60. The van der Waals surface area contributed by atoms with Crippen molar-refractivity contribution in [2.45, 2.75) is 69.4 Å². The van der Waals surface area contributed by atoms with E-state index in [4.69, 9.17) is 14.2 Å². The number of aliphatic hydroxyl groups is 1. The fourth-order valence-corrected chi connectivity index (χ4v) is 6.03. The summed E-state index contributed by atoms with van der Waals surface area (Å²) in [7, 11) is 5.95. The highest BCUT2D eigenvalue weighted by atomic mass is 16.5. The molecule has 5 rings (SSSR count). The molecule has 3 aromatic carbocycles. The highest BCUT2D eigenvalue weighted by Crippen LogP contribution is 2.33. The van der Waals surface area contributed by atoms with Crippen molar-refractivity contribution < 1.29 is 48.1 Å². The van der Waals surface area contributed by atoms with Crippen LogP contribution < -0.4 is 40.8 Å². The monoisotopic (exact) mass is 774 g/mol. The van der Waals surface area contributed by atoms with Gasteiger partial charge in [0.2, 0.25) is 29.5 Å². The van der Waals surface area contributed by atoms with E-state index in [0.29, 0.717) is 40.4 Å². The summed E-state index contributed by atoms with van der Waals surface area (Å²) in [5, 5.41) is 23.6. The maximum atomic E-state index is 13.8. The highest BCUT2D eigenvalue weighted by Gasteiger charge is 2.34. The van der Waals surface area contributed by atoms with Crippen LogP contribution in [0.2, 0.25) is 0 Å². The number of methoxy groups -OCH3 is 2. The summed E-state index contributed by atoms with van der Waals surface area (Å²) in [6, 6.07) is 12.2. The normalized spacial score (nSPS) is 23.2. The minimum atomic E-state index is -1.49. The standard InChI is InChI=1S/C40H50N6O10/c1-23-36(49)44-28(21-47)17-25-9-14-30(15-10-25)56-35-20-27(11-16-34(35)55-6)18-31(41-3)38(51)42-24(2)37(50)45-32(22-48)40(53)46(4)33(39(52)43-23)19-26-7-12-29(54-5)13-8-26/h7-16,20-21,23-24,28,31-33,41,48H,17-19,22H2,1-6H3,(H,42,51)(H,43,52)(H,44,49)(H,45,50)/t23-,24+,28-,31-,32-,33-/m0/s1. The van der Waals surface area contributed by atoms with Crippen LogP contribution in [0.5, 0.6) is 23.0 Å². The number of aldehydes is 1. The van der Waals surface area contributed by atoms with E-state index in [1.807, 2.05) is 0 Å². The zero-order valence-corrected chi connectivity index (χ0v) is 32.3. The van der Waals surface area contributed by atoms with Crippen molar-refractivity contribution in [2.75, 3.05) is 34.9 Å². The predicted octanol–water partition coefficient (Wildman–Crippen LogP) is 0.423. The van der Waals surface area contributed by atoms with Crippen LogP contribution in [-0.4, -0.2) is 117 Å². The smallest absolute Gasteiger partial charge is 0.247 e. The van der Waals surface area contributed by atoms with Crippen molar-refractivity contribution in [3.63, 3.8) is 0 Å². The second-order valence-corrected chi connectivity index (χ2v) is 13.5. The Hall–Kier alpha value is -6.00. The number of carbonyl (C=O) groups excluding carboxylic acids is 6. The summed E-state index contributed by atoms with van der Waals surface area (Å²) in [5.74, 6) is -1.55. The average molecular weight is 775 g/mol. The van der Waals surface area contributed by atoms with Crippen LogP contribution in [0.4, 0.5) is 0 Å². The van der Waals surface area contributed by atoms with Crippen molar-refractivity contribution in [2.24, 2.45) is 0 Å². The number of amides is 5. The van der Waals surface area contributed by atoms with E-state index in [1.165, 1.54) is 35.1 Å². The van der Waals surface area contributed by atoms with Gasteiger partial charge in [0, 0.05) is 13.5 Å². The van der Waals surface area contributed by atoms with Gasteiger partial charge in [-0.2, -0.15) is 0 Å². The molecular formula is C40H50N6O10. The maximum Gasteiger partial charge on any atom is 0.247 e. The number of likely N-dealkylation sites (N-methyl/N-ethyl adjacent to an activating group) is 2. The Kier molecular flexibility index (Phi) is 15.3. The second-order valence-electron chi connectivity index (χ2n) is 13.5. The van der Waals surface area contributed by atoms with Crippen molar-refractivity contribution in [1.29, 1.82) is 0 Å². The molecular weight excluding hydrogens is 724 g/mol. The first-order valence-corrected chi connectivity index (χ1v) is 18.1. The summed E-state index contributed by atoms with van der Waals surface area (Å²) in [4.78, 5) is 80.8. The molecule has 0 spiro atoms. The molecule has 0 aromatic heterocycles. The Bertz CT molecular complexity index is 1850.